The second-order valence-corrected chi connectivity index (χ2v) is 9.77. The predicted molar refractivity (Wildman–Crippen MR) is 110 cm³/mol. The Morgan fingerprint density at radius 2 is 2.04 bits per heavy atom. The van der Waals surface area contributed by atoms with Crippen LogP contribution in [-0.4, -0.2) is 56.2 Å². The van der Waals surface area contributed by atoms with E-state index in [4.69, 9.17) is 4.74 Å². The van der Waals surface area contributed by atoms with E-state index in [0.717, 1.165) is 5.56 Å². The summed E-state index contributed by atoms with van der Waals surface area (Å²) in [6.07, 6.45) is 1.15. The molecule has 1 fully saturated rings. The number of amides is 1. The van der Waals surface area contributed by atoms with Crippen molar-refractivity contribution in [3.63, 3.8) is 0 Å². The van der Waals surface area contributed by atoms with Gasteiger partial charge in [0, 0.05) is 39.3 Å². The van der Waals surface area contributed by atoms with Gasteiger partial charge in [-0.25, -0.2) is 0 Å². The number of nitrogens with one attached hydrogen (secondary N) is 1. The maximum absolute atomic E-state index is 12.4. The molecule has 9 heteroatoms. The van der Waals surface area contributed by atoms with Gasteiger partial charge in [-0.15, -0.1) is 0 Å². The van der Waals surface area contributed by atoms with Crippen LogP contribution in [0.15, 0.2) is 41.1 Å². The lowest BCUT2D eigenvalue weighted by molar-refractivity contribution is 0.0948. The van der Waals surface area contributed by atoms with Crippen LogP contribution in [0.2, 0.25) is 0 Å². The van der Waals surface area contributed by atoms with Gasteiger partial charge in [-0.2, -0.15) is 28.4 Å². The van der Waals surface area contributed by atoms with Crippen LogP contribution in [0.4, 0.5) is 0 Å². The Balaban J connectivity index is 1.54. The van der Waals surface area contributed by atoms with Crippen molar-refractivity contribution in [1.29, 1.82) is 0 Å². The van der Waals surface area contributed by atoms with Crippen LogP contribution < -0.4 is 10.1 Å². The minimum atomic E-state index is -3.38. The standard InChI is InChI=1S/C19H25N3O4S2/c1-21(2)28(24,25)22-9-6-17(7-10-22)26-18-5-3-4-16(12-18)19(23)20-13-15-8-11-27-14-15/h3-5,8,11-12,14,17H,6-7,9-10,13H2,1-2H3,(H,20,23). The van der Waals surface area contributed by atoms with E-state index in [1.165, 1.54) is 22.7 Å². The van der Waals surface area contributed by atoms with Gasteiger partial charge in [-0.1, -0.05) is 6.07 Å². The van der Waals surface area contributed by atoms with Crippen LogP contribution in [-0.2, 0) is 16.8 Å². The van der Waals surface area contributed by atoms with E-state index in [-0.39, 0.29) is 12.0 Å². The van der Waals surface area contributed by atoms with Crippen LogP contribution in [0.3, 0.4) is 0 Å². The molecule has 2 aromatic rings. The molecule has 1 aliphatic heterocycles. The van der Waals surface area contributed by atoms with Crippen molar-refractivity contribution < 1.29 is 17.9 Å². The summed E-state index contributed by atoms with van der Waals surface area (Å²) in [7, 11) is -0.311. The molecule has 28 heavy (non-hydrogen) atoms. The molecular weight excluding hydrogens is 398 g/mol. The van der Waals surface area contributed by atoms with Crippen molar-refractivity contribution in [3.8, 4) is 5.75 Å². The lowest BCUT2D eigenvalue weighted by Crippen LogP contribution is -2.46. The summed E-state index contributed by atoms with van der Waals surface area (Å²) in [6.45, 7) is 1.34. The van der Waals surface area contributed by atoms with E-state index in [1.54, 1.807) is 29.5 Å². The van der Waals surface area contributed by atoms with Gasteiger partial charge < -0.3 is 10.1 Å². The Hall–Kier alpha value is -1.94. The molecule has 152 valence electrons. The Morgan fingerprint density at radius 1 is 1.29 bits per heavy atom. The molecule has 1 saturated heterocycles. The second-order valence-electron chi connectivity index (χ2n) is 6.85. The highest BCUT2D eigenvalue weighted by Gasteiger charge is 2.30. The molecule has 0 atom stereocenters. The van der Waals surface area contributed by atoms with Gasteiger partial charge in [-0.3, -0.25) is 4.79 Å². The molecule has 0 spiro atoms. The third-order valence-corrected chi connectivity index (χ3v) is 7.29. The first-order valence-electron chi connectivity index (χ1n) is 9.10. The number of nitrogens with zero attached hydrogens (tertiary/aromatic N) is 2. The SMILES string of the molecule is CN(C)S(=O)(=O)N1CCC(Oc2cccc(C(=O)NCc3ccsc3)c2)CC1. The fourth-order valence-corrected chi connectivity index (χ4v) is 4.80. The number of hydrogen-bond donors (Lipinski definition) is 1. The molecule has 0 unspecified atom stereocenters. The molecule has 7 nitrogen and oxygen atoms in total. The first-order chi connectivity index (χ1) is 13.4. The maximum atomic E-state index is 12.4. The normalized spacial score (nSPS) is 16.2. The number of hydrogen-bond acceptors (Lipinski definition) is 5. The zero-order valence-corrected chi connectivity index (χ0v) is 17.6. The lowest BCUT2D eigenvalue weighted by atomic mass is 10.1. The van der Waals surface area contributed by atoms with Crippen LogP contribution >= 0.6 is 11.3 Å². The molecule has 0 radical (unpaired) electrons. The second kappa shape index (κ2) is 9.04. The van der Waals surface area contributed by atoms with Crippen molar-refractivity contribution in [2.75, 3.05) is 27.2 Å². The number of benzene rings is 1. The zero-order valence-electron chi connectivity index (χ0n) is 16.0. The van der Waals surface area contributed by atoms with Gasteiger partial charge in [0.2, 0.25) is 0 Å². The first kappa shape index (κ1) is 20.8. The van der Waals surface area contributed by atoms with Gasteiger partial charge in [0.1, 0.15) is 11.9 Å². The number of carbonyl (C=O) groups is 1. The van der Waals surface area contributed by atoms with Crippen molar-refractivity contribution in [2.24, 2.45) is 0 Å². The van der Waals surface area contributed by atoms with E-state index in [1.807, 2.05) is 22.9 Å². The van der Waals surface area contributed by atoms with Gasteiger partial charge in [0.15, 0.2) is 0 Å². The van der Waals surface area contributed by atoms with E-state index in [2.05, 4.69) is 5.32 Å². The molecule has 0 saturated carbocycles. The quantitative estimate of drug-likeness (QED) is 0.741. The third-order valence-electron chi connectivity index (χ3n) is 4.62. The molecule has 1 N–H and O–H groups in total. The predicted octanol–water partition coefficient (Wildman–Crippen LogP) is 2.33. The average molecular weight is 424 g/mol. The number of carbonyl (C=O) groups excluding carboxylic acids is 1. The number of piperidine rings is 1. The topological polar surface area (TPSA) is 79.0 Å². The minimum Gasteiger partial charge on any atom is -0.490 e. The summed E-state index contributed by atoms with van der Waals surface area (Å²) in [4.78, 5) is 12.4. The largest absolute Gasteiger partial charge is 0.490 e. The molecule has 1 aromatic heterocycles. The summed E-state index contributed by atoms with van der Waals surface area (Å²) < 4.78 is 33.1. The highest BCUT2D eigenvalue weighted by atomic mass is 32.2. The summed E-state index contributed by atoms with van der Waals surface area (Å²) in [5.41, 5.74) is 1.62. The summed E-state index contributed by atoms with van der Waals surface area (Å²) in [5.74, 6) is 0.473. The Bertz CT molecular complexity index is 890. The highest BCUT2D eigenvalue weighted by molar-refractivity contribution is 7.86. The van der Waals surface area contributed by atoms with E-state index in [0.29, 0.717) is 43.8 Å². The molecule has 2 heterocycles. The Morgan fingerprint density at radius 3 is 2.68 bits per heavy atom. The van der Waals surface area contributed by atoms with Crippen molar-refractivity contribution in [1.82, 2.24) is 13.9 Å². The van der Waals surface area contributed by atoms with Crippen molar-refractivity contribution >= 4 is 27.5 Å². The van der Waals surface area contributed by atoms with Gasteiger partial charge in [-0.05, 0) is 53.4 Å². The highest BCUT2D eigenvalue weighted by Crippen LogP contribution is 2.22. The average Bonchev–Trinajstić information content (AvgIpc) is 3.20. The van der Waals surface area contributed by atoms with Gasteiger partial charge >= 0.3 is 0 Å². The number of rotatable bonds is 7. The Labute approximate surface area is 170 Å². The van der Waals surface area contributed by atoms with E-state index >= 15 is 0 Å². The van der Waals surface area contributed by atoms with E-state index in [9.17, 15) is 13.2 Å². The van der Waals surface area contributed by atoms with Crippen molar-refractivity contribution in [3.05, 3.63) is 52.2 Å². The van der Waals surface area contributed by atoms with Crippen LogP contribution in [0.1, 0.15) is 28.8 Å². The Kier molecular flexibility index (Phi) is 6.71. The molecular formula is C19H25N3O4S2. The zero-order chi connectivity index (χ0) is 20.1. The summed E-state index contributed by atoms with van der Waals surface area (Å²) in [6, 6.07) is 9.07. The van der Waals surface area contributed by atoms with Crippen LogP contribution in [0.25, 0.3) is 0 Å². The smallest absolute Gasteiger partial charge is 0.281 e. The summed E-state index contributed by atoms with van der Waals surface area (Å²) in [5, 5.41) is 6.88. The molecule has 1 aromatic carbocycles. The fraction of sp³-hybridized carbons (Fsp3) is 0.421. The molecule has 0 aliphatic carbocycles. The molecule has 0 bridgehead atoms. The van der Waals surface area contributed by atoms with Crippen LogP contribution in [0.5, 0.6) is 5.75 Å². The lowest BCUT2D eigenvalue weighted by Gasteiger charge is -2.32. The fourth-order valence-electron chi connectivity index (χ4n) is 2.99. The van der Waals surface area contributed by atoms with Crippen LogP contribution in [0, 0.1) is 0 Å². The third kappa shape index (κ3) is 5.11. The number of ether oxygens (including phenoxy) is 1. The van der Waals surface area contributed by atoms with Gasteiger partial charge in [0.05, 0.1) is 0 Å². The molecule has 1 aliphatic rings. The van der Waals surface area contributed by atoms with E-state index < -0.39 is 10.2 Å². The molecule has 3 rings (SSSR count). The number of thiophene rings is 1. The van der Waals surface area contributed by atoms with Gasteiger partial charge in [0.25, 0.3) is 16.1 Å². The minimum absolute atomic E-state index is 0.0715. The first-order valence-corrected chi connectivity index (χ1v) is 11.4. The monoisotopic (exact) mass is 423 g/mol. The van der Waals surface area contributed by atoms with Crippen molar-refractivity contribution in [2.45, 2.75) is 25.5 Å². The summed E-state index contributed by atoms with van der Waals surface area (Å²) >= 11 is 1.60. The maximum Gasteiger partial charge on any atom is 0.281 e. The molecule has 1 amide bonds.